The Balaban J connectivity index is 1.86. The van der Waals surface area contributed by atoms with E-state index in [4.69, 9.17) is 10.5 Å². The summed E-state index contributed by atoms with van der Waals surface area (Å²) in [6.07, 6.45) is 0. The Morgan fingerprint density at radius 3 is 2.60 bits per heavy atom. The number of aromatic amines is 1. The summed E-state index contributed by atoms with van der Waals surface area (Å²) in [5.74, 6) is -0.507. The van der Waals surface area contributed by atoms with E-state index in [1.54, 1.807) is 17.0 Å². The van der Waals surface area contributed by atoms with E-state index in [0.29, 0.717) is 42.9 Å². The Bertz CT molecular complexity index is 1010. The molecule has 0 saturated carbocycles. The van der Waals surface area contributed by atoms with Gasteiger partial charge in [0.15, 0.2) is 0 Å². The number of hydrogen-bond donors (Lipinski definition) is 2. The molecule has 25 heavy (non-hydrogen) atoms. The van der Waals surface area contributed by atoms with Gasteiger partial charge in [-0.3, -0.25) is 9.59 Å². The smallest absolute Gasteiger partial charge is 0.254 e. The van der Waals surface area contributed by atoms with Crippen molar-refractivity contribution in [3.8, 4) is 0 Å². The van der Waals surface area contributed by atoms with E-state index >= 15 is 0 Å². The molecule has 1 fully saturated rings. The van der Waals surface area contributed by atoms with Crippen molar-refractivity contribution in [3.05, 3.63) is 45.9 Å². The van der Waals surface area contributed by atoms with Crippen molar-refractivity contribution in [2.45, 2.75) is 0 Å². The van der Waals surface area contributed by atoms with E-state index in [2.05, 4.69) is 20.9 Å². The number of fused-ring (bicyclic) bond motifs is 3. The molecule has 7 heteroatoms. The predicted octanol–water partition coefficient (Wildman–Crippen LogP) is 2.65. The first kappa shape index (κ1) is 16.1. The van der Waals surface area contributed by atoms with E-state index in [1.165, 1.54) is 0 Å². The van der Waals surface area contributed by atoms with Gasteiger partial charge in [0.1, 0.15) is 0 Å². The quantitative estimate of drug-likeness (QED) is 0.691. The van der Waals surface area contributed by atoms with Crippen LogP contribution in [0.15, 0.2) is 34.8 Å². The molecule has 6 nitrogen and oxygen atoms in total. The first-order valence-electron chi connectivity index (χ1n) is 7.96. The zero-order chi connectivity index (χ0) is 17.6. The summed E-state index contributed by atoms with van der Waals surface area (Å²) in [5.41, 5.74) is 8.07. The lowest BCUT2D eigenvalue weighted by Gasteiger charge is -2.26. The number of rotatable bonds is 2. The zero-order valence-corrected chi connectivity index (χ0v) is 14.9. The third-order valence-corrected chi connectivity index (χ3v) is 4.94. The minimum absolute atomic E-state index is 0.00956. The molecule has 0 radical (unpaired) electrons. The minimum atomic E-state index is -0.498. The summed E-state index contributed by atoms with van der Waals surface area (Å²) in [6, 6.07) is 9.14. The fourth-order valence-electron chi connectivity index (χ4n) is 3.24. The second kappa shape index (κ2) is 6.16. The van der Waals surface area contributed by atoms with Crippen molar-refractivity contribution < 1.29 is 14.3 Å². The molecule has 3 N–H and O–H groups in total. The topological polar surface area (TPSA) is 88.4 Å². The van der Waals surface area contributed by atoms with Crippen LogP contribution in [-0.2, 0) is 4.74 Å². The molecule has 1 aliphatic heterocycles. The first-order valence-corrected chi connectivity index (χ1v) is 8.76. The number of ether oxygens (including phenoxy) is 1. The highest BCUT2D eigenvalue weighted by molar-refractivity contribution is 9.10. The van der Waals surface area contributed by atoms with Crippen molar-refractivity contribution >= 4 is 49.6 Å². The number of benzene rings is 2. The molecule has 0 aliphatic carbocycles. The maximum Gasteiger partial charge on any atom is 0.254 e. The summed E-state index contributed by atoms with van der Waals surface area (Å²) in [7, 11) is 0. The second-order valence-electron chi connectivity index (χ2n) is 6.03. The number of carbonyl (C=O) groups excluding carboxylic acids is 2. The van der Waals surface area contributed by atoms with Gasteiger partial charge in [-0.05, 0) is 30.3 Å². The highest BCUT2D eigenvalue weighted by atomic mass is 79.9. The first-order chi connectivity index (χ1) is 12.0. The van der Waals surface area contributed by atoms with Crippen molar-refractivity contribution in [1.82, 2.24) is 9.88 Å². The Labute approximate surface area is 152 Å². The molecular formula is C18H16BrN3O3. The lowest BCUT2D eigenvalue weighted by molar-refractivity contribution is 0.0303. The van der Waals surface area contributed by atoms with Crippen LogP contribution in [0, 0.1) is 0 Å². The fraction of sp³-hybridized carbons (Fsp3) is 0.222. The van der Waals surface area contributed by atoms with E-state index in [9.17, 15) is 9.59 Å². The molecular weight excluding hydrogens is 386 g/mol. The normalized spacial score (nSPS) is 15.0. The van der Waals surface area contributed by atoms with E-state index in [-0.39, 0.29) is 5.91 Å². The Morgan fingerprint density at radius 1 is 1.12 bits per heavy atom. The van der Waals surface area contributed by atoms with Gasteiger partial charge in [-0.2, -0.15) is 0 Å². The summed E-state index contributed by atoms with van der Waals surface area (Å²) in [6.45, 7) is 2.33. The van der Waals surface area contributed by atoms with Crippen LogP contribution >= 0.6 is 15.9 Å². The zero-order valence-electron chi connectivity index (χ0n) is 13.3. The summed E-state index contributed by atoms with van der Waals surface area (Å²) >= 11 is 3.42. The molecule has 0 spiro atoms. The molecule has 0 bridgehead atoms. The van der Waals surface area contributed by atoms with E-state index in [0.717, 1.165) is 20.8 Å². The maximum absolute atomic E-state index is 12.7. The number of hydrogen-bond acceptors (Lipinski definition) is 3. The Morgan fingerprint density at radius 2 is 1.88 bits per heavy atom. The lowest BCUT2D eigenvalue weighted by atomic mass is 10.1. The highest BCUT2D eigenvalue weighted by Crippen LogP contribution is 2.31. The van der Waals surface area contributed by atoms with Crippen LogP contribution in [0.4, 0.5) is 0 Å². The molecule has 1 aliphatic rings. The van der Waals surface area contributed by atoms with Gasteiger partial charge in [-0.15, -0.1) is 0 Å². The summed E-state index contributed by atoms with van der Waals surface area (Å²) in [4.78, 5) is 29.5. The molecule has 1 aromatic heterocycles. The number of nitrogens with one attached hydrogen (secondary N) is 1. The van der Waals surface area contributed by atoms with E-state index < -0.39 is 5.91 Å². The van der Waals surface area contributed by atoms with Gasteiger partial charge >= 0.3 is 0 Å². The summed E-state index contributed by atoms with van der Waals surface area (Å²) in [5, 5.41) is 1.74. The van der Waals surface area contributed by atoms with Crippen LogP contribution in [0.1, 0.15) is 20.7 Å². The number of morpholine rings is 1. The molecule has 2 amide bonds. The SMILES string of the molecule is NC(=O)c1cc(Br)cc2c1[nH]c1ccc(C(=O)N3CCOCC3)cc12. The van der Waals surface area contributed by atoms with Crippen LogP contribution in [0.2, 0.25) is 0 Å². The monoisotopic (exact) mass is 401 g/mol. The van der Waals surface area contributed by atoms with Gasteiger partial charge in [0.05, 0.1) is 24.3 Å². The number of halogens is 1. The second-order valence-corrected chi connectivity index (χ2v) is 6.95. The van der Waals surface area contributed by atoms with Crippen molar-refractivity contribution in [3.63, 3.8) is 0 Å². The van der Waals surface area contributed by atoms with Gasteiger partial charge < -0.3 is 20.4 Å². The number of H-pyrrole nitrogens is 1. The van der Waals surface area contributed by atoms with Crippen LogP contribution < -0.4 is 5.73 Å². The number of amides is 2. The Kier molecular flexibility index (Phi) is 3.97. The number of nitrogens with zero attached hydrogens (tertiary/aromatic N) is 1. The average Bonchev–Trinajstić information content (AvgIpc) is 2.98. The molecule has 4 rings (SSSR count). The number of nitrogens with two attached hydrogens (primary N) is 1. The van der Waals surface area contributed by atoms with Gasteiger partial charge in [0.25, 0.3) is 11.8 Å². The molecule has 0 unspecified atom stereocenters. The number of carbonyl (C=O) groups is 2. The molecule has 1 saturated heterocycles. The summed E-state index contributed by atoms with van der Waals surface area (Å²) < 4.78 is 6.07. The molecule has 2 heterocycles. The van der Waals surface area contributed by atoms with Gasteiger partial charge in [0, 0.05) is 39.4 Å². The third kappa shape index (κ3) is 2.79. The lowest BCUT2D eigenvalue weighted by Crippen LogP contribution is -2.40. The van der Waals surface area contributed by atoms with Crippen molar-refractivity contribution in [1.29, 1.82) is 0 Å². The highest BCUT2D eigenvalue weighted by Gasteiger charge is 2.20. The average molecular weight is 402 g/mol. The van der Waals surface area contributed by atoms with Crippen LogP contribution in [0.3, 0.4) is 0 Å². The van der Waals surface area contributed by atoms with Gasteiger partial charge in [-0.1, -0.05) is 15.9 Å². The van der Waals surface area contributed by atoms with Gasteiger partial charge in [0.2, 0.25) is 0 Å². The van der Waals surface area contributed by atoms with Crippen LogP contribution in [-0.4, -0.2) is 48.0 Å². The van der Waals surface area contributed by atoms with Crippen molar-refractivity contribution in [2.75, 3.05) is 26.3 Å². The van der Waals surface area contributed by atoms with Crippen LogP contribution in [0.25, 0.3) is 21.8 Å². The maximum atomic E-state index is 12.7. The molecule has 128 valence electrons. The minimum Gasteiger partial charge on any atom is -0.378 e. The standard InChI is InChI=1S/C18H16BrN3O3/c19-11-8-13-12-7-10(18(24)22-3-5-25-6-4-22)1-2-15(12)21-16(13)14(9-11)17(20)23/h1-2,7-9,21H,3-6H2,(H2,20,23). The number of aromatic nitrogens is 1. The van der Waals surface area contributed by atoms with Crippen molar-refractivity contribution in [2.24, 2.45) is 5.73 Å². The van der Waals surface area contributed by atoms with Crippen LogP contribution in [0.5, 0.6) is 0 Å². The van der Waals surface area contributed by atoms with E-state index in [1.807, 2.05) is 18.2 Å². The molecule has 0 atom stereocenters. The predicted molar refractivity (Wildman–Crippen MR) is 98.7 cm³/mol. The largest absolute Gasteiger partial charge is 0.378 e. The Hall–Kier alpha value is -2.38. The number of primary amides is 1. The van der Waals surface area contributed by atoms with Gasteiger partial charge in [-0.25, -0.2) is 0 Å². The molecule has 3 aromatic rings. The third-order valence-electron chi connectivity index (χ3n) is 4.48. The molecule has 2 aromatic carbocycles. The fourth-order valence-corrected chi connectivity index (χ4v) is 3.70.